The van der Waals surface area contributed by atoms with Crippen molar-refractivity contribution in [3.05, 3.63) is 41.8 Å². The summed E-state index contributed by atoms with van der Waals surface area (Å²) in [6.45, 7) is 2.74. The Bertz CT molecular complexity index is 901. The zero-order valence-corrected chi connectivity index (χ0v) is 15.5. The summed E-state index contributed by atoms with van der Waals surface area (Å²) in [7, 11) is 2.15. The van der Waals surface area contributed by atoms with Gasteiger partial charge in [0.05, 0.1) is 23.5 Å². The van der Waals surface area contributed by atoms with E-state index in [1.54, 1.807) is 16.8 Å². The second-order valence-corrected chi connectivity index (χ2v) is 7.14. The highest BCUT2D eigenvalue weighted by Gasteiger charge is 2.19. The number of halogens is 2. The summed E-state index contributed by atoms with van der Waals surface area (Å²) in [6, 6.07) is 3.49. The predicted octanol–water partition coefficient (Wildman–Crippen LogP) is 2.59. The highest BCUT2D eigenvalue weighted by Crippen LogP contribution is 2.23. The van der Waals surface area contributed by atoms with Crippen molar-refractivity contribution in [2.75, 3.05) is 20.1 Å². The molecule has 0 saturated carbocycles. The molecule has 0 atom stereocenters. The van der Waals surface area contributed by atoms with Crippen molar-refractivity contribution in [1.82, 2.24) is 35.1 Å². The second kappa shape index (κ2) is 8.09. The smallest absolute Gasteiger partial charge is 0.314 e. The molecule has 0 unspecified atom stereocenters. The molecule has 3 aromatic heterocycles. The molecule has 0 aromatic carbocycles. The number of rotatable bonds is 6. The lowest BCUT2D eigenvalue weighted by Crippen LogP contribution is -2.31. The first kappa shape index (κ1) is 18.6. The van der Waals surface area contributed by atoms with Gasteiger partial charge in [-0.05, 0) is 57.5 Å². The Morgan fingerprint density at radius 2 is 1.96 bits per heavy atom. The molecule has 4 heterocycles. The number of pyridine rings is 1. The van der Waals surface area contributed by atoms with Gasteiger partial charge in [-0.2, -0.15) is 8.78 Å². The maximum absolute atomic E-state index is 12.5. The van der Waals surface area contributed by atoms with Crippen molar-refractivity contribution in [2.45, 2.75) is 32.2 Å². The quantitative estimate of drug-likeness (QED) is 0.640. The molecular weight excluding hydrogens is 368 g/mol. The topological polar surface area (TPSA) is 85.8 Å². The second-order valence-electron chi connectivity index (χ2n) is 7.14. The van der Waals surface area contributed by atoms with Crippen molar-refractivity contribution >= 4 is 0 Å². The third kappa shape index (κ3) is 4.38. The molecule has 3 aromatic rings. The van der Waals surface area contributed by atoms with Crippen molar-refractivity contribution in [1.29, 1.82) is 0 Å². The molecule has 0 radical (unpaired) electrons. The van der Waals surface area contributed by atoms with Crippen molar-refractivity contribution < 1.29 is 13.2 Å². The zero-order chi connectivity index (χ0) is 19.5. The summed E-state index contributed by atoms with van der Waals surface area (Å²) in [5, 5.41) is 15.4. The molecule has 1 saturated heterocycles. The fraction of sp³-hybridized carbons (Fsp3) is 0.500. The summed E-state index contributed by atoms with van der Waals surface area (Å²) in [6.07, 6.45) is 4.02. The van der Waals surface area contributed by atoms with Crippen LogP contribution in [0.3, 0.4) is 0 Å². The number of alkyl halides is 2. The van der Waals surface area contributed by atoms with Gasteiger partial charge in [0.1, 0.15) is 0 Å². The van der Waals surface area contributed by atoms with E-state index in [-0.39, 0.29) is 5.89 Å². The monoisotopic (exact) mass is 389 g/mol. The van der Waals surface area contributed by atoms with Crippen LogP contribution in [-0.2, 0) is 13.0 Å². The van der Waals surface area contributed by atoms with E-state index in [1.165, 1.54) is 19.0 Å². The molecule has 1 fully saturated rings. The molecule has 0 bridgehead atoms. The third-order valence-corrected chi connectivity index (χ3v) is 4.95. The van der Waals surface area contributed by atoms with E-state index in [9.17, 15) is 8.78 Å². The maximum atomic E-state index is 12.5. The van der Waals surface area contributed by atoms with Gasteiger partial charge in [0, 0.05) is 12.4 Å². The van der Waals surface area contributed by atoms with E-state index in [0.717, 1.165) is 30.9 Å². The Balaban J connectivity index is 1.36. The van der Waals surface area contributed by atoms with E-state index in [0.29, 0.717) is 18.0 Å². The van der Waals surface area contributed by atoms with Gasteiger partial charge in [-0.15, -0.1) is 15.3 Å². The molecular formula is C18H21F2N7O. The van der Waals surface area contributed by atoms with Crippen LogP contribution < -0.4 is 0 Å². The fourth-order valence-electron chi connectivity index (χ4n) is 3.32. The van der Waals surface area contributed by atoms with E-state index in [1.807, 2.05) is 6.20 Å². The first-order chi connectivity index (χ1) is 13.6. The number of piperidine rings is 1. The van der Waals surface area contributed by atoms with Gasteiger partial charge in [-0.25, -0.2) is 4.68 Å². The molecule has 8 nitrogen and oxygen atoms in total. The van der Waals surface area contributed by atoms with Crippen molar-refractivity contribution in [2.24, 2.45) is 5.92 Å². The van der Waals surface area contributed by atoms with Crippen LogP contribution in [0.5, 0.6) is 0 Å². The van der Waals surface area contributed by atoms with E-state index in [2.05, 4.69) is 37.4 Å². The van der Waals surface area contributed by atoms with Crippen molar-refractivity contribution in [3.63, 3.8) is 0 Å². The molecule has 28 heavy (non-hydrogen) atoms. The molecule has 148 valence electrons. The fourth-order valence-corrected chi connectivity index (χ4v) is 3.32. The first-order valence-corrected chi connectivity index (χ1v) is 9.21. The Labute approximate surface area is 160 Å². The average Bonchev–Trinajstić information content (AvgIpc) is 3.34. The highest BCUT2D eigenvalue weighted by molar-refractivity contribution is 5.50. The largest absolute Gasteiger partial charge is 0.415 e. The SMILES string of the molecule is CN1CCC(Cc2cn(Cc3ccc(-c4nnc(C(F)F)o4)cn3)nn2)CC1. The molecule has 10 heteroatoms. The maximum Gasteiger partial charge on any atom is 0.314 e. The van der Waals surface area contributed by atoms with Crippen LogP contribution in [0.4, 0.5) is 8.78 Å². The van der Waals surface area contributed by atoms with Gasteiger partial charge in [-0.1, -0.05) is 5.21 Å². The Kier molecular flexibility index (Phi) is 5.38. The molecule has 1 aliphatic rings. The Morgan fingerprint density at radius 1 is 1.14 bits per heavy atom. The van der Waals surface area contributed by atoms with Crippen LogP contribution >= 0.6 is 0 Å². The van der Waals surface area contributed by atoms with Crippen LogP contribution in [0.25, 0.3) is 11.5 Å². The summed E-state index contributed by atoms with van der Waals surface area (Å²) in [5.41, 5.74) is 2.26. The van der Waals surface area contributed by atoms with Gasteiger partial charge in [0.15, 0.2) is 0 Å². The Hall–Kier alpha value is -2.75. The summed E-state index contributed by atoms with van der Waals surface area (Å²) >= 11 is 0. The van der Waals surface area contributed by atoms with Crippen LogP contribution in [0.1, 0.15) is 36.5 Å². The van der Waals surface area contributed by atoms with Crippen molar-refractivity contribution in [3.8, 4) is 11.5 Å². The minimum absolute atomic E-state index is 0.0236. The number of aromatic nitrogens is 6. The zero-order valence-electron chi connectivity index (χ0n) is 15.5. The summed E-state index contributed by atoms with van der Waals surface area (Å²) < 4.78 is 31.8. The Morgan fingerprint density at radius 3 is 2.64 bits per heavy atom. The van der Waals surface area contributed by atoms with Crippen LogP contribution in [0.2, 0.25) is 0 Å². The standard InChI is InChI=1S/C18H21F2N7O/c1-26-6-4-12(5-7-26)8-15-11-27(25-22-15)10-14-3-2-13(9-21-14)17-23-24-18(28-17)16(19)20/h2-3,9,11-12,16H,4-8,10H2,1H3. The molecule has 1 aliphatic heterocycles. The lowest BCUT2D eigenvalue weighted by Gasteiger charge is -2.28. The molecule has 0 amide bonds. The van der Waals surface area contributed by atoms with E-state index >= 15 is 0 Å². The first-order valence-electron chi connectivity index (χ1n) is 9.21. The van der Waals surface area contributed by atoms with Gasteiger partial charge in [0.2, 0.25) is 5.89 Å². The molecule has 4 rings (SSSR count). The average molecular weight is 389 g/mol. The summed E-state index contributed by atoms with van der Waals surface area (Å²) in [5.74, 6) is -0.0133. The van der Waals surface area contributed by atoms with E-state index < -0.39 is 12.3 Å². The van der Waals surface area contributed by atoms with Gasteiger partial charge in [0.25, 0.3) is 5.89 Å². The highest BCUT2D eigenvalue weighted by atomic mass is 19.3. The van der Waals surface area contributed by atoms with Crippen LogP contribution in [-0.4, -0.2) is 55.2 Å². The van der Waals surface area contributed by atoms with Gasteiger partial charge in [-0.3, -0.25) is 4.98 Å². The molecule has 0 spiro atoms. The third-order valence-electron chi connectivity index (χ3n) is 4.95. The summed E-state index contributed by atoms with van der Waals surface area (Å²) in [4.78, 5) is 6.68. The van der Waals surface area contributed by atoms with Gasteiger partial charge < -0.3 is 9.32 Å². The van der Waals surface area contributed by atoms with E-state index in [4.69, 9.17) is 4.42 Å². The van der Waals surface area contributed by atoms with Crippen LogP contribution in [0.15, 0.2) is 28.9 Å². The molecule has 0 N–H and O–H groups in total. The van der Waals surface area contributed by atoms with Crippen LogP contribution in [0, 0.1) is 5.92 Å². The minimum Gasteiger partial charge on any atom is -0.415 e. The predicted molar refractivity (Wildman–Crippen MR) is 95.5 cm³/mol. The number of hydrogen-bond donors (Lipinski definition) is 0. The lowest BCUT2D eigenvalue weighted by atomic mass is 9.93. The van der Waals surface area contributed by atoms with Gasteiger partial charge >= 0.3 is 6.43 Å². The molecule has 0 aliphatic carbocycles. The lowest BCUT2D eigenvalue weighted by molar-refractivity contribution is 0.116. The normalized spacial score (nSPS) is 16.1. The number of nitrogens with zero attached hydrogens (tertiary/aromatic N) is 7. The minimum atomic E-state index is -2.79. The number of hydrogen-bond acceptors (Lipinski definition) is 7. The number of likely N-dealkylation sites (tertiary alicyclic amines) is 1.